The lowest BCUT2D eigenvalue weighted by Gasteiger charge is -2.36. The van der Waals surface area contributed by atoms with E-state index in [1.54, 1.807) is 11.6 Å². The number of hydrogen-bond acceptors (Lipinski definition) is 5. The first-order valence-electron chi connectivity index (χ1n) is 8.19. The first-order chi connectivity index (χ1) is 13.0. The van der Waals surface area contributed by atoms with Gasteiger partial charge in [-0.15, -0.1) is 11.3 Å². The van der Waals surface area contributed by atoms with Gasteiger partial charge in [0.25, 0.3) is 0 Å². The lowest BCUT2D eigenvalue weighted by molar-refractivity contribution is -0.133. The molecule has 2 aromatic rings. The van der Waals surface area contributed by atoms with Gasteiger partial charge in [0.05, 0.1) is 5.57 Å². The summed E-state index contributed by atoms with van der Waals surface area (Å²) in [5.41, 5.74) is 0.990. The summed E-state index contributed by atoms with van der Waals surface area (Å²) in [7, 11) is 0. The van der Waals surface area contributed by atoms with Crippen molar-refractivity contribution in [2.75, 3.05) is 0 Å². The molecule has 1 unspecified atom stereocenters. The maximum atomic E-state index is 13.5. The number of allylic oxidation sites excluding steroid dienone is 1. The zero-order valence-corrected chi connectivity index (χ0v) is 16.3. The highest BCUT2D eigenvalue weighted by Crippen LogP contribution is 2.41. The van der Waals surface area contributed by atoms with Crippen LogP contribution in [-0.4, -0.2) is 32.7 Å². The predicted molar refractivity (Wildman–Crippen MR) is 101 cm³/mol. The van der Waals surface area contributed by atoms with E-state index in [1.165, 1.54) is 34.4 Å². The molecule has 2 aliphatic heterocycles. The maximum Gasteiger partial charge on any atom is 0.335 e. The van der Waals surface area contributed by atoms with Crippen molar-refractivity contribution in [2.45, 2.75) is 25.3 Å². The van der Waals surface area contributed by atoms with E-state index in [1.807, 2.05) is 0 Å². The minimum absolute atomic E-state index is 0.0377. The van der Waals surface area contributed by atoms with E-state index < -0.39 is 17.8 Å². The number of amides is 1. The number of carbonyl (C=O) groups is 2. The normalized spacial score (nSPS) is 19.8. The number of aromatic nitrogens is 1. The Balaban J connectivity index is 1.96. The highest BCUT2D eigenvalue weighted by molar-refractivity contribution is 9.10. The molecule has 3 heterocycles. The van der Waals surface area contributed by atoms with Gasteiger partial charge in [-0.1, -0.05) is 22.0 Å². The van der Waals surface area contributed by atoms with Crippen LogP contribution in [0, 0.1) is 5.82 Å². The summed E-state index contributed by atoms with van der Waals surface area (Å²) in [6.45, 7) is 0. The van der Waals surface area contributed by atoms with Crippen molar-refractivity contribution in [3.63, 3.8) is 0 Å². The van der Waals surface area contributed by atoms with Crippen molar-refractivity contribution in [1.82, 2.24) is 9.88 Å². The highest BCUT2D eigenvalue weighted by atomic mass is 79.9. The number of thiazole rings is 1. The lowest BCUT2D eigenvalue weighted by Crippen LogP contribution is -2.44. The molecule has 1 aromatic carbocycles. The van der Waals surface area contributed by atoms with Crippen molar-refractivity contribution in [2.24, 2.45) is 4.99 Å². The van der Waals surface area contributed by atoms with Crippen LogP contribution in [0.15, 0.2) is 50.5 Å². The molecule has 1 aromatic heterocycles. The largest absolute Gasteiger partial charge is 0.478 e. The fraction of sp³-hybridized carbons (Fsp3) is 0.222. The number of aliphatic carboxylic acids is 1. The monoisotopic (exact) mass is 449 g/mol. The van der Waals surface area contributed by atoms with E-state index in [0.717, 1.165) is 0 Å². The molecule has 27 heavy (non-hydrogen) atoms. The molecule has 1 amide bonds. The third kappa shape index (κ3) is 3.10. The zero-order valence-electron chi connectivity index (χ0n) is 13.9. The molecule has 138 valence electrons. The summed E-state index contributed by atoms with van der Waals surface area (Å²) in [5, 5.41) is 12.2. The zero-order chi connectivity index (χ0) is 19.1. The van der Waals surface area contributed by atoms with Gasteiger partial charge in [-0.2, -0.15) is 0 Å². The number of carboxylic acids is 1. The Kier molecular flexibility index (Phi) is 4.65. The van der Waals surface area contributed by atoms with Crippen LogP contribution in [-0.2, 0) is 9.59 Å². The Bertz CT molecular complexity index is 1000. The van der Waals surface area contributed by atoms with Crippen LogP contribution in [0.5, 0.6) is 0 Å². The minimum Gasteiger partial charge on any atom is -0.478 e. The summed E-state index contributed by atoms with van der Waals surface area (Å²) in [6.07, 6.45) is 2.96. The first kappa shape index (κ1) is 18.0. The molecule has 9 heteroatoms. The van der Waals surface area contributed by atoms with E-state index in [9.17, 15) is 19.1 Å². The van der Waals surface area contributed by atoms with Gasteiger partial charge in [-0.05, 0) is 30.5 Å². The fourth-order valence-corrected chi connectivity index (χ4v) is 4.55. The molecular formula is C18H13BrFN3O3S. The van der Waals surface area contributed by atoms with Crippen LogP contribution >= 0.6 is 27.3 Å². The number of benzene rings is 1. The number of halogens is 2. The number of hydrogen-bond donors (Lipinski definition) is 1. The Morgan fingerprint density at radius 1 is 1.37 bits per heavy atom. The summed E-state index contributed by atoms with van der Waals surface area (Å²) in [4.78, 5) is 34.9. The molecule has 1 saturated heterocycles. The SMILES string of the molecule is O=C(O)C1=C2CCCC(=O)N2C(c2nccs2)=NC1c1ccc(F)cc1Br. The molecule has 0 aliphatic carbocycles. The molecular weight excluding hydrogens is 437 g/mol. The standard InChI is InChI=1S/C18H13BrFN3O3S/c19-11-8-9(20)4-5-10(11)15-14(18(25)26)12-2-1-3-13(24)23(12)16(22-15)17-21-6-7-27-17/h4-8,15H,1-3H2,(H,25,26). The van der Waals surface area contributed by atoms with Crippen LogP contribution in [0.25, 0.3) is 0 Å². The van der Waals surface area contributed by atoms with E-state index >= 15 is 0 Å². The lowest BCUT2D eigenvalue weighted by atomic mass is 9.91. The number of carbonyl (C=O) groups excluding carboxylic acids is 1. The van der Waals surface area contributed by atoms with Gasteiger partial charge in [0.15, 0.2) is 10.8 Å². The van der Waals surface area contributed by atoms with Crippen LogP contribution in [0.4, 0.5) is 4.39 Å². The van der Waals surface area contributed by atoms with Crippen LogP contribution in [0.1, 0.15) is 35.9 Å². The number of amidine groups is 1. The Morgan fingerprint density at radius 2 is 2.19 bits per heavy atom. The Hall–Kier alpha value is -2.39. The quantitative estimate of drug-likeness (QED) is 0.769. The average Bonchev–Trinajstić information content (AvgIpc) is 3.15. The van der Waals surface area contributed by atoms with Gasteiger partial charge in [-0.3, -0.25) is 14.7 Å². The molecule has 0 radical (unpaired) electrons. The van der Waals surface area contributed by atoms with E-state index in [0.29, 0.717) is 45.8 Å². The number of aliphatic imine (C=N–C) groups is 1. The topological polar surface area (TPSA) is 82.9 Å². The van der Waals surface area contributed by atoms with Gasteiger partial charge in [0, 0.05) is 28.2 Å². The third-order valence-corrected chi connectivity index (χ3v) is 5.94. The van der Waals surface area contributed by atoms with Crippen LogP contribution in [0.3, 0.4) is 0 Å². The van der Waals surface area contributed by atoms with Gasteiger partial charge < -0.3 is 5.11 Å². The number of rotatable bonds is 3. The summed E-state index contributed by atoms with van der Waals surface area (Å²) in [5.74, 6) is -1.44. The molecule has 0 bridgehead atoms. The Labute approximate surface area is 166 Å². The van der Waals surface area contributed by atoms with Gasteiger partial charge in [-0.25, -0.2) is 14.2 Å². The summed E-state index contributed by atoms with van der Waals surface area (Å²) >= 11 is 4.63. The molecule has 4 rings (SSSR count). The second kappa shape index (κ2) is 6.97. The van der Waals surface area contributed by atoms with Gasteiger partial charge in [0.2, 0.25) is 5.91 Å². The van der Waals surface area contributed by atoms with Crippen molar-refractivity contribution in [3.8, 4) is 0 Å². The van der Waals surface area contributed by atoms with Gasteiger partial charge in [0.1, 0.15) is 11.9 Å². The van der Waals surface area contributed by atoms with E-state index in [2.05, 4.69) is 25.9 Å². The van der Waals surface area contributed by atoms with E-state index in [4.69, 9.17) is 0 Å². The predicted octanol–water partition coefficient (Wildman–Crippen LogP) is 3.90. The molecule has 0 saturated carbocycles. The van der Waals surface area contributed by atoms with Crippen molar-refractivity contribution in [1.29, 1.82) is 0 Å². The summed E-state index contributed by atoms with van der Waals surface area (Å²) in [6, 6.07) is 3.18. The molecule has 1 atom stereocenters. The molecule has 1 N–H and O–H groups in total. The second-order valence-corrected chi connectivity index (χ2v) is 7.86. The maximum absolute atomic E-state index is 13.5. The number of carboxylic acid groups (broad SMARTS) is 1. The van der Waals surface area contributed by atoms with Crippen LogP contribution < -0.4 is 0 Å². The van der Waals surface area contributed by atoms with Crippen molar-refractivity contribution >= 4 is 45.0 Å². The minimum atomic E-state index is -1.15. The van der Waals surface area contributed by atoms with Crippen LogP contribution in [0.2, 0.25) is 0 Å². The second-order valence-electron chi connectivity index (χ2n) is 6.11. The molecule has 2 aliphatic rings. The van der Waals surface area contributed by atoms with Gasteiger partial charge >= 0.3 is 5.97 Å². The smallest absolute Gasteiger partial charge is 0.335 e. The third-order valence-electron chi connectivity index (χ3n) is 4.48. The van der Waals surface area contributed by atoms with Crippen molar-refractivity contribution in [3.05, 3.63) is 61.9 Å². The average molecular weight is 450 g/mol. The molecule has 1 fully saturated rings. The van der Waals surface area contributed by atoms with Crippen molar-refractivity contribution < 1.29 is 19.1 Å². The fourth-order valence-electron chi connectivity index (χ4n) is 3.36. The summed E-state index contributed by atoms with van der Waals surface area (Å²) < 4.78 is 14.0. The number of fused-ring (bicyclic) bond motifs is 1. The Morgan fingerprint density at radius 3 is 2.85 bits per heavy atom. The molecule has 0 spiro atoms. The highest BCUT2D eigenvalue weighted by Gasteiger charge is 2.41. The number of piperidine rings is 1. The first-order valence-corrected chi connectivity index (χ1v) is 9.86. The molecule has 6 nitrogen and oxygen atoms in total. The van der Waals surface area contributed by atoms with E-state index in [-0.39, 0.29) is 11.5 Å². The number of nitrogens with zero attached hydrogens (tertiary/aromatic N) is 3.